The highest BCUT2D eigenvalue weighted by Crippen LogP contribution is 2.29. The molecule has 0 radical (unpaired) electrons. The largest absolute Gasteiger partial charge is 0.378 e. The van der Waals surface area contributed by atoms with E-state index in [9.17, 15) is 0 Å². The summed E-state index contributed by atoms with van der Waals surface area (Å²) in [6.45, 7) is 6.53. The first-order valence-electron chi connectivity index (χ1n) is 6.93. The fourth-order valence-corrected chi connectivity index (χ4v) is 2.70. The number of aryl methyl sites for hydroxylation is 1. The summed E-state index contributed by atoms with van der Waals surface area (Å²) in [5, 5.41) is 2.94. The summed E-state index contributed by atoms with van der Waals surface area (Å²) >= 11 is 1.61. The molecule has 2 aromatic heterocycles. The van der Waals surface area contributed by atoms with E-state index in [-0.39, 0.29) is 0 Å². The second kappa shape index (κ2) is 7.24. The number of rotatable bonds is 3. The van der Waals surface area contributed by atoms with Crippen molar-refractivity contribution in [1.29, 1.82) is 0 Å². The molecule has 0 bridgehead atoms. The molecule has 0 amide bonds. The molecular weight excluding hydrogens is 282 g/mol. The van der Waals surface area contributed by atoms with Gasteiger partial charge in [-0.15, -0.1) is 11.3 Å². The molecule has 0 spiro atoms. The lowest BCUT2D eigenvalue weighted by Gasteiger charge is -2.06. The zero-order valence-electron chi connectivity index (χ0n) is 12.8. The number of aromatic nitrogens is 3. The van der Waals surface area contributed by atoms with Crippen LogP contribution in [-0.2, 0) is 11.3 Å². The van der Waals surface area contributed by atoms with Gasteiger partial charge in [0.25, 0.3) is 0 Å². The molecule has 0 saturated heterocycles. The first-order valence-corrected chi connectivity index (χ1v) is 7.81. The summed E-state index contributed by atoms with van der Waals surface area (Å²) in [4.78, 5) is 13.5. The van der Waals surface area contributed by atoms with E-state index in [1.807, 2.05) is 25.3 Å². The molecule has 21 heavy (non-hydrogen) atoms. The predicted octanol–water partition coefficient (Wildman–Crippen LogP) is 4.23. The smallest absolute Gasteiger partial charge is 0.125 e. The lowest BCUT2D eigenvalue weighted by atomic mass is 10.1. The maximum atomic E-state index is 5.10. The Morgan fingerprint density at radius 2 is 2.00 bits per heavy atom. The molecule has 0 aliphatic rings. The third-order valence-electron chi connectivity index (χ3n) is 2.80. The summed E-state index contributed by atoms with van der Waals surface area (Å²) in [5.74, 6) is 0. The molecule has 3 rings (SSSR count). The number of ether oxygens (including phenoxy) is 1. The summed E-state index contributed by atoms with van der Waals surface area (Å²) in [6, 6.07) is 4.14. The van der Waals surface area contributed by atoms with Crippen LogP contribution >= 0.6 is 11.3 Å². The first kappa shape index (κ1) is 15.5. The van der Waals surface area contributed by atoms with Crippen LogP contribution in [0, 0.1) is 6.92 Å². The van der Waals surface area contributed by atoms with Crippen LogP contribution in [0.3, 0.4) is 0 Å². The molecule has 5 heteroatoms. The quantitative estimate of drug-likeness (QED) is 0.726. The van der Waals surface area contributed by atoms with Crippen molar-refractivity contribution < 1.29 is 4.74 Å². The molecule has 0 aliphatic carbocycles. The monoisotopic (exact) mass is 301 g/mol. The van der Waals surface area contributed by atoms with E-state index in [4.69, 9.17) is 4.74 Å². The van der Waals surface area contributed by atoms with Crippen LogP contribution in [0.4, 0.5) is 0 Å². The minimum absolute atomic E-state index is 0.476. The van der Waals surface area contributed by atoms with Crippen LogP contribution in [0.15, 0.2) is 29.9 Å². The summed E-state index contributed by atoms with van der Waals surface area (Å²) in [7, 11) is 1.66. The normalized spacial score (nSPS) is 10.3. The van der Waals surface area contributed by atoms with E-state index in [0.29, 0.717) is 6.61 Å². The van der Waals surface area contributed by atoms with Gasteiger partial charge in [0.2, 0.25) is 0 Å². The minimum atomic E-state index is 0.476. The van der Waals surface area contributed by atoms with E-state index in [1.54, 1.807) is 30.8 Å². The summed E-state index contributed by atoms with van der Waals surface area (Å²) in [6.07, 6.45) is 3.57. The Morgan fingerprint density at radius 1 is 1.19 bits per heavy atom. The van der Waals surface area contributed by atoms with Gasteiger partial charge in [-0.3, -0.25) is 4.98 Å². The highest BCUT2D eigenvalue weighted by Gasteiger charge is 2.10. The van der Waals surface area contributed by atoms with Gasteiger partial charge in [-0.1, -0.05) is 13.8 Å². The number of hydrogen-bond donors (Lipinski definition) is 0. The van der Waals surface area contributed by atoms with E-state index in [2.05, 4.69) is 27.9 Å². The molecule has 0 atom stereocenters. The van der Waals surface area contributed by atoms with E-state index < -0.39 is 0 Å². The molecule has 2 heterocycles. The minimum Gasteiger partial charge on any atom is -0.378 e. The fourth-order valence-electron chi connectivity index (χ4n) is 2.04. The molecule has 4 nitrogen and oxygen atoms in total. The molecule has 0 unspecified atom stereocenters. The third kappa shape index (κ3) is 3.43. The van der Waals surface area contributed by atoms with Gasteiger partial charge in [-0.05, 0) is 24.6 Å². The second-order valence-electron chi connectivity index (χ2n) is 4.31. The third-order valence-corrected chi connectivity index (χ3v) is 3.60. The van der Waals surface area contributed by atoms with Crippen LogP contribution in [-0.4, -0.2) is 22.1 Å². The van der Waals surface area contributed by atoms with Gasteiger partial charge in [0.05, 0.1) is 29.5 Å². The average molecular weight is 301 g/mol. The second-order valence-corrected chi connectivity index (χ2v) is 5.21. The SMILES string of the molecule is CC.COCc1cnc2c(-c3nccs3)cc(C)cc2n1. The maximum absolute atomic E-state index is 5.10. The number of nitrogens with zero attached hydrogens (tertiary/aromatic N) is 3. The molecule has 1 aromatic carbocycles. The topological polar surface area (TPSA) is 47.9 Å². The van der Waals surface area contributed by atoms with Crippen molar-refractivity contribution in [3.8, 4) is 10.6 Å². The van der Waals surface area contributed by atoms with Crippen molar-refractivity contribution in [3.05, 3.63) is 41.2 Å². The van der Waals surface area contributed by atoms with Crippen LogP contribution in [0.5, 0.6) is 0 Å². The number of methoxy groups -OCH3 is 1. The molecule has 0 saturated carbocycles. The van der Waals surface area contributed by atoms with Crippen molar-refractivity contribution >= 4 is 22.4 Å². The van der Waals surface area contributed by atoms with Crippen molar-refractivity contribution in [2.75, 3.05) is 7.11 Å². The molecule has 3 aromatic rings. The molecule has 0 fully saturated rings. The van der Waals surface area contributed by atoms with Crippen molar-refractivity contribution in [1.82, 2.24) is 15.0 Å². The highest BCUT2D eigenvalue weighted by atomic mass is 32.1. The van der Waals surface area contributed by atoms with Crippen molar-refractivity contribution in [2.24, 2.45) is 0 Å². The van der Waals surface area contributed by atoms with Gasteiger partial charge < -0.3 is 4.74 Å². The molecule has 110 valence electrons. The molecular formula is C16H19N3OS. The average Bonchev–Trinajstić information content (AvgIpc) is 3.02. The molecule has 0 aliphatic heterocycles. The van der Waals surface area contributed by atoms with E-state index in [1.165, 1.54) is 0 Å². The van der Waals surface area contributed by atoms with Gasteiger partial charge in [0.15, 0.2) is 0 Å². The summed E-state index contributed by atoms with van der Waals surface area (Å²) in [5.41, 5.74) is 4.81. The predicted molar refractivity (Wildman–Crippen MR) is 87.4 cm³/mol. The van der Waals surface area contributed by atoms with Crippen LogP contribution in [0.2, 0.25) is 0 Å². The highest BCUT2D eigenvalue weighted by molar-refractivity contribution is 7.13. The molecule has 0 N–H and O–H groups in total. The maximum Gasteiger partial charge on any atom is 0.125 e. The zero-order chi connectivity index (χ0) is 15.2. The Morgan fingerprint density at radius 3 is 2.67 bits per heavy atom. The lowest BCUT2D eigenvalue weighted by molar-refractivity contribution is 0.181. The Kier molecular flexibility index (Phi) is 5.36. The Bertz CT molecular complexity index is 711. The van der Waals surface area contributed by atoms with Gasteiger partial charge in [-0.2, -0.15) is 0 Å². The summed E-state index contributed by atoms with van der Waals surface area (Å²) < 4.78 is 5.10. The lowest BCUT2D eigenvalue weighted by Crippen LogP contribution is -1.96. The Hall–Kier alpha value is -1.85. The Balaban J connectivity index is 0.000000774. The number of hydrogen-bond acceptors (Lipinski definition) is 5. The number of fused-ring (bicyclic) bond motifs is 1. The standard InChI is InChI=1S/C14H13N3OS.C2H6/c1-9-5-11(14-15-3-4-19-14)13-12(6-9)17-10(7-16-13)8-18-2;1-2/h3-7H,8H2,1-2H3;1-2H3. The van der Waals surface area contributed by atoms with Crippen molar-refractivity contribution in [2.45, 2.75) is 27.4 Å². The van der Waals surface area contributed by atoms with E-state index in [0.717, 1.165) is 32.9 Å². The van der Waals surface area contributed by atoms with E-state index >= 15 is 0 Å². The van der Waals surface area contributed by atoms with Gasteiger partial charge in [-0.25, -0.2) is 9.97 Å². The van der Waals surface area contributed by atoms with Crippen LogP contribution in [0.25, 0.3) is 21.6 Å². The van der Waals surface area contributed by atoms with Crippen LogP contribution in [0.1, 0.15) is 25.1 Å². The first-order chi connectivity index (χ1) is 10.3. The van der Waals surface area contributed by atoms with Gasteiger partial charge in [0.1, 0.15) is 5.01 Å². The number of benzene rings is 1. The Labute approximate surface area is 128 Å². The zero-order valence-corrected chi connectivity index (χ0v) is 13.6. The van der Waals surface area contributed by atoms with Gasteiger partial charge in [0, 0.05) is 24.3 Å². The van der Waals surface area contributed by atoms with Gasteiger partial charge >= 0.3 is 0 Å². The van der Waals surface area contributed by atoms with Crippen LogP contribution < -0.4 is 0 Å². The fraction of sp³-hybridized carbons (Fsp3) is 0.312. The number of thiazole rings is 1. The van der Waals surface area contributed by atoms with Crippen molar-refractivity contribution in [3.63, 3.8) is 0 Å².